The van der Waals surface area contributed by atoms with Crippen molar-refractivity contribution in [3.8, 4) is 0 Å². The molecule has 0 saturated carbocycles. The molecule has 2 heteroatoms. The van der Waals surface area contributed by atoms with Crippen molar-refractivity contribution < 1.29 is 0 Å². The van der Waals surface area contributed by atoms with Gasteiger partial charge in [0, 0.05) is 23.7 Å². The summed E-state index contributed by atoms with van der Waals surface area (Å²) >= 11 is 0. The van der Waals surface area contributed by atoms with E-state index >= 15 is 0 Å². The van der Waals surface area contributed by atoms with Gasteiger partial charge in [-0.3, -0.25) is 0 Å². The van der Waals surface area contributed by atoms with Gasteiger partial charge in [0.05, 0.1) is 0 Å². The second-order valence-corrected chi connectivity index (χ2v) is 4.21. The number of benzene rings is 1. The molecule has 0 aliphatic heterocycles. The van der Waals surface area contributed by atoms with Gasteiger partial charge in [0.15, 0.2) is 0 Å². The zero-order valence-electron chi connectivity index (χ0n) is 11.4. The third-order valence-electron chi connectivity index (χ3n) is 2.91. The molecule has 0 fully saturated rings. The van der Waals surface area contributed by atoms with Gasteiger partial charge in [-0.15, -0.1) is 0 Å². The summed E-state index contributed by atoms with van der Waals surface area (Å²) in [5.74, 6) is 0.813. The standard InChI is InChI=1S/C18H18N2/c1-3-19-18(16-12-8-7-9-13-16)20(4-2)17-14-10-5-6-11-15-17/h3-10,12-15H,1-2,11H2/b19-18-. The molecular formula is C18H18N2. The zero-order chi connectivity index (χ0) is 14.2. The van der Waals surface area contributed by atoms with Crippen LogP contribution in [0.15, 0.2) is 97.0 Å². The molecule has 100 valence electrons. The highest BCUT2D eigenvalue weighted by molar-refractivity contribution is 6.01. The highest BCUT2D eigenvalue weighted by atomic mass is 15.2. The molecule has 0 bridgehead atoms. The topological polar surface area (TPSA) is 15.6 Å². The van der Waals surface area contributed by atoms with E-state index < -0.39 is 0 Å². The van der Waals surface area contributed by atoms with E-state index in [2.05, 4.69) is 30.3 Å². The monoisotopic (exact) mass is 262 g/mol. The summed E-state index contributed by atoms with van der Waals surface area (Å²) in [6.07, 6.45) is 14.6. The first kappa shape index (κ1) is 13.8. The molecule has 2 rings (SSSR count). The van der Waals surface area contributed by atoms with Crippen LogP contribution < -0.4 is 0 Å². The lowest BCUT2D eigenvalue weighted by atomic mass is 10.1. The van der Waals surface area contributed by atoms with E-state index in [1.165, 1.54) is 0 Å². The highest BCUT2D eigenvalue weighted by Crippen LogP contribution is 2.16. The summed E-state index contributed by atoms with van der Waals surface area (Å²) in [7, 11) is 0. The Balaban J connectivity index is 2.41. The molecule has 0 radical (unpaired) electrons. The van der Waals surface area contributed by atoms with E-state index in [1.807, 2.05) is 53.5 Å². The van der Waals surface area contributed by atoms with E-state index in [-0.39, 0.29) is 0 Å². The maximum Gasteiger partial charge on any atom is 0.144 e. The Kier molecular flexibility index (Phi) is 4.90. The molecular weight excluding hydrogens is 244 g/mol. The molecule has 0 aromatic heterocycles. The number of nitrogens with zero attached hydrogens (tertiary/aromatic N) is 2. The summed E-state index contributed by atoms with van der Waals surface area (Å²) < 4.78 is 0. The van der Waals surface area contributed by atoms with Crippen LogP contribution >= 0.6 is 0 Å². The molecule has 1 aliphatic rings. The van der Waals surface area contributed by atoms with Gasteiger partial charge in [-0.2, -0.15) is 0 Å². The van der Waals surface area contributed by atoms with E-state index in [9.17, 15) is 0 Å². The first-order valence-electron chi connectivity index (χ1n) is 6.56. The summed E-state index contributed by atoms with van der Waals surface area (Å²) in [4.78, 5) is 6.38. The van der Waals surface area contributed by atoms with Gasteiger partial charge in [-0.1, -0.05) is 67.8 Å². The van der Waals surface area contributed by atoms with Gasteiger partial charge >= 0.3 is 0 Å². The minimum atomic E-state index is 0.813. The van der Waals surface area contributed by atoms with Crippen molar-refractivity contribution in [1.29, 1.82) is 0 Å². The Hall–Kier alpha value is -2.61. The van der Waals surface area contributed by atoms with Crippen LogP contribution in [0.3, 0.4) is 0 Å². The summed E-state index contributed by atoms with van der Waals surface area (Å²) in [6.45, 7) is 7.62. The summed E-state index contributed by atoms with van der Waals surface area (Å²) in [5.41, 5.74) is 2.08. The van der Waals surface area contributed by atoms with E-state index in [0.717, 1.165) is 23.5 Å². The molecule has 0 saturated heterocycles. The molecule has 0 spiro atoms. The predicted molar refractivity (Wildman–Crippen MR) is 86.2 cm³/mol. The number of hydrogen-bond acceptors (Lipinski definition) is 1. The van der Waals surface area contributed by atoms with E-state index in [4.69, 9.17) is 0 Å². The lowest BCUT2D eigenvalue weighted by Gasteiger charge is -2.23. The second-order valence-electron chi connectivity index (χ2n) is 4.21. The zero-order valence-corrected chi connectivity index (χ0v) is 11.4. The summed E-state index contributed by atoms with van der Waals surface area (Å²) in [6, 6.07) is 10.0. The Bertz CT molecular complexity index is 589. The van der Waals surface area contributed by atoms with Crippen LogP contribution in [0, 0.1) is 0 Å². The van der Waals surface area contributed by atoms with Gasteiger partial charge in [0.2, 0.25) is 0 Å². The van der Waals surface area contributed by atoms with Crippen molar-refractivity contribution in [2.24, 2.45) is 4.99 Å². The van der Waals surface area contributed by atoms with Gasteiger partial charge in [0.1, 0.15) is 5.84 Å². The SMILES string of the molecule is C=C/N=C(/c1ccccc1)N(C=C)C1=CCC=CC=C1. The van der Waals surface area contributed by atoms with Crippen LogP contribution in [0.2, 0.25) is 0 Å². The molecule has 2 nitrogen and oxygen atoms in total. The largest absolute Gasteiger partial charge is 0.302 e. The maximum atomic E-state index is 4.41. The average Bonchev–Trinajstić information content (AvgIpc) is 2.77. The molecule has 0 amide bonds. The molecule has 0 heterocycles. The fourth-order valence-electron chi connectivity index (χ4n) is 2.01. The third kappa shape index (κ3) is 3.23. The first-order valence-corrected chi connectivity index (χ1v) is 6.56. The van der Waals surface area contributed by atoms with Crippen molar-refractivity contribution in [1.82, 2.24) is 4.90 Å². The molecule has 0 unspecified atom stereocenters. The Morgan fingerprint density at radius 3 is 2.65 bits per heavy atom. The fourth-order valence-corrected chi connectivity index (χ4v) is 2.01. The lowest BCUT2D eigenvalue weighted by Crippen LogP contribution is -2.25. The minimum Gasteiger partial charge on any atom is -0.302 e. The van der Waals surface area contributed by atoms with Crippen molar-refractivity contribution in [3.05, 3.63) is 97.5 Å². The van der Waals surface area contributed by atoms with Gasteiger partial charge in [0.25, 0.3) is 0 Å². The Morgan fingerprint density at radius 1 is 1.15 bits per heavy atom. The van der Waals surface area contributed by atoms with Crippen molar-refractivity contribution in [2.45, 2.75) is 6.42 Å². The van der Waals surface area contributed by atoms with Crippen LogP contribution in [0.4, 0.5) is 0 Å². The van der Waals surface area contributed by atoms with Crippen molar-refractivity contribution in [2.75, 3.05) is 0 Å². The number of aliphatic imine (C=N–C) groups is 1. The van der Waals surface area contributed by atoms with Crippen LogP contribution in [-0.4, -0.2) is 10.7 Å². The number of hydrogen-bond donors (Lipinski definition) is 0. The number of amidine groups is 1. The number of rotatable bonds is 4. The normalized spacial score (nSPS) is 14.4. The van der Waals surface area contributed by atoms with Gasteiger partial charge < -0.3 is 4.90 Å². The molecule has 1 aliphatic carbocycles. The summed E-state index contributed by atoms with van der Waals surface area (Å²) in [5, 5.41) is 0. The molecule has 1 aromatic carbocycles. The highest BCUT2D eigenvalue weighted by Gasteiger charge is 2.13. The Morgan fingerprint density at radius 2 is 1.95 bits per heavy atom. The fraction of sp³-hybridized carbons (Fsp3) is 0.0556. The van der Waals surface area contributed by atoms with Crippen LogP contribution in [-0.2, 0) is 0 Å². The minimum absolute atomic E-state index is 0.813. The maximum absolute atomic E-state index is 4.41. The van der Waals surface area contributed by atoms with Gasteiger partial charge in [-0.25, -0.2) is 4.99 Å². The molecule has 20 heavy (non-hydrogen) atoms. The molecule has 1 aromatic rings. The third-order valence-corrected chi connectivity index (χ3v) is 2.91. The van der Waals surface area contributed by atoms with E-state index in [0.29, 0.717) is 0 Å². The van der Waals surface area contributed by atoms with E-state index in [1.54, 1.807) is 12.4 Å². The van der Waals surface area contributed by atoms with Crippen molar-refractivity contribution >= 4 is 5.84 Å². The molecule has 0 N–H and O–H groups in total. The smallest absolute Gasteiger partial charge is 0.144 e. The lowest BCUT2D eigenvalue weighted by molar-refractivity contribution is 0.712. The second kappa shape index (κ2) is 7.10. The number of allylic oxidation sites excluding steroid dienone is 5. The quantitative estimate of drug-likeness (QED) is 0.579. The molecule has 0 atom stereocenters. The predicted octanol–water partition coefficient (Wildman–Crippen LogP) is 4.42. The van der Waals surface area contributed by atoms with Crippen LogP contribution in [0.1, 0.15) is 12.0 Å². The Labute approximate surface area is 120 Å². The van der Waals surface area contributed by atoms with Crippen LogP contribution in [0.25, 0.3) is 0 Å². The van der Waals surface area contributed by atoms with Gasteiger partial charge in [-0.05, 0) is 12.5 Å². The average molecular weight is 262 g/mol. The van der Waals surface area contributed by atoms with Crippen LogP contribution in [0.5, 0.6) is 0 Å². The first-order chi connectivity index (χ1) is 9.86. The van der Waals surface area contributed by atoms with Crippen molar-refractivity contribution in [3.63, 3.8) is 0 Å².